The maximum absolute atomic E-state index is 4.14. The SMILES string of the molecule is Cc1sccc1-c1ccnn1C. The van der Waals surface area contributed by atoms with Gasteiger partial charge in [-0.1, -0.05) is 0 Å². The van der Waals surface area contributed by atoms with E-state index < -0.39 is 0 Å². The predicted octanol–water partition coefficient (Wildman–Crippen LogP) is 2.46. The van der Waals surface area contributed by atoms with Crippen LogP contribution in [0.2, 0.25) is 0 Å². The Morgan fingerprint density at radius 3 is 2.75 bits per heavy atom. The number of nitrogens with zero attached hydrogens (tertiary/aromatic N) is 2. The Kier molecular flexibility index (Phi) is 1.73. The van der Waals surface area contributed by atoms with Crippen LogP contribution in [0.15, 0.2) is 23.7 Å². The van der Waals surface area contributed by atoms with E-state index in [9.17, 15) is 0 Å². The minimum Gasteiger partial charge on any atom is -0.268 e. The lowest BCUT2D eigenvalue weighted by atomic mass is 10.2. The molecule has 3 heteroatoms. The lowest BCUT2D eigenvalue weighted by molar-refractivity contribution is 0.776. The second-order valence-corrected chi connectivity index (χ2v) is 3.85. The monoisotopic (exact) mass is 178 g/mol. The summed E-state index contributed by atoms with van der Waals surface area (Å²) >= 11 is 1.77. The number of hydrogen-bond acceptors (Lipinski definition) is 2. The van der Waals surface area contributed by atoms with Crippen molar-refractivity contribution in [2.24, 2.45) is 7.05 Å². The zero-order valence-electron chi connectivity index (χ0n) is 7.11. The molecule has 0 bridgehead atoms. The van der Waals surface area contributed by atoms with Crippen molar-refractivity contribution < 1.29 is 0 Å². The molecule has 0 amide bonds. The molecule has 0 atom stereocenters. The Hall–Kier alpha value is -1.09. The van der Waals surface area contributed by atoms with Crippen LogP contribution in [-0.2, 0) is 7.05 Å². The molecule has 0 saturated heterocycles. The molecule has 0 saturated carbocycles. The topological polar surface area (TPSA) is 17.8 Å². The first-order valence-electron chi connectivity index (χ1n) is 3.81. The highest BCUT2D eigenvalue weighted by molar-refractivity contribution is 7.10. The van der Waals surface area contributed by atoms with E-state index in [4.69, 9.17) is 0 Å². The van der Waals surface area contributed by atoms with Crippen LogP contribution >= 0.6 is 11.3 Å². The van der Waals surface area contributed by atoms with Gasteiger partial charge in [-0.3, -0.25) is 4.68 Å². The molecule has 0 unspecified atom stereocenters. The van der Waals surface area contributed by atoms with E-state index in [1.165, 1.54) is 16.1 Å². The predicted molar refractivity (Wildman–Crippen MR) is 51.3 cm³/mol. The second-order valence-electron chi connectivity index (χ2n) is 2.73. The number of thiophene rings is 1. The number of hydrogen-bond donors (Lipinski definition) is 0. The molecule has 0 N–H and O–H groups in total. The minimum atomic E-state index is 1.19. The van der Waals surface area contributed by atoms with E-state index in [1.807, 2.05) is 24.0 Å². The van der Waals surface area contributed by atoms with Gasteiger partial charge in [0, 0.05) is 23.7 Å². The van der Waals surface area contributed by atoms with E-state index >= 15 is 0 Å². The molecule has 0 spiro atoms. The number of aryl methyl sites for hydroxylation is 2. The third kappa shape index (κ3) is 1.06. The Morgan fingerprint density at radius 2 is 2.25 bits per heavy atom. The molecule has 0 aliphatic heterocycles. The first-order valence-corrected chi connectivity index (χ1v) is 4.69. The van der Waals surface area contributed by atoms with Gasteiger partial charge in [0.1, 0.15) is 0 Å². The van der Waals surface area contributed by atoms with Crippen LogP contribution in [0, 0.1) is 6.92 Å². The highest BCUT2D eigenvalue weighted by Gasteiger charge is 2.05. The molecule has 0 aromatic carbocycles. The summed E-state index contributed by atoms with van der Waals surface area (Å²) in [5.74, 6) is 0. The van der Waals surface area contributed by atoms with Gasteiger partial charge in [-0.15, -0.1) is 11.3 Å². The summed E-state index contributed by atoms with van der Waals surface area (Å²) in [5.41, 5.74) is 2.48. The fraction of sp³-hybridized carbons (Fsp3) is 0.222. The summed E-state index contributed by atoms with van der Waals surface area (Å²) in [6.07, 6.45) is 1.83. The molecule has 0 aliphatic carbocycles. The summed E-state index contributed by atoms with van der Waals surface area (Å²) in [5, 5.41) is 6.24. The van der Waals surface area contributed by atoms with Gasteiger partial charge < -0.3 is 0 Å². The van der Waals surface area contributed by atoms with Gasteiger partial charge in [0.05, 0.1) is 5.69 Å². The van der Waals surface area contributed by atoms with E-state index in [-0.39, 0.29) is 0 Å². The second kappa shape index (κ2) is 2.75. The lowest BCUT2D eigenvalue weighted by Crippen LogP contribution is -1.92. The molecule has 2 nitrogen and oxygen atoms in total. The first kappa shape index (κ1) is 7.55. The summed E-state index contributed by atoms with van der Waals surface area (Å²) in [4.78, 5) is 1.35. The normalized spacial score (nSPS) is 10.5. The largest absolute Gasteiger partial charge is 0.268 e. The number of aromatic nitrogens is 2. The molecule has 0 aliphatic rings. The van der Waals surface area contributed by atoms with Crippen molar-refractivity contribution >= 4 is 11.3 Å². The molecule has 0 fully saturated rings. The molecular formula is C9H10N2S. The van der Waals surface area contributed by atoms with Gasteiger partial charge in [0.25, 0.3) is 0 Å². The summed E-state index contributed by atoms with van der Waals surface area (Å²) in [6, 6.07) is 4.17. The van der Waals surface area contributed by atoms with Crippen molar-refractivity contribution in [3.8, 4) is 11.3 Å². The van der Waals surface area contributed by atoms with E-state index in [2.05, 4.69) is 23.5 Å². The van der Waals surface area contributed by atoms with Crippen molar-refractivity contribution in [1.82, 2.24) is 9.78 Å². The fourth-order valence-electron chi connectivity index (χ4n) is 1.29. The fourth-order valence-corrected chi connectivity index (χ4v) is 2.00. The van der Waals surface area contributed by atoms with Crippen LogP contribution in [0.4, 0.5) is 0 Å². The quantitative estimate of drug-likeness (QED) is 0.656. The molecular weight excluding hydrogens is 168 g/mol. The average Bonchev–Trinajstić information content (AvgIpc) is 2.59. The van der Waals surface area contributed by atoms with Crippen LogP contribution in [0.1, 0.15) is 4.88 Å². The van der Waals surface area contributed by atoms with Gasteiger partial charge in [0.2, 0.25) is 0 Å². The van der Waals surface area contributed by atoms with Gasteiger partial charge in [-0.25, -0.2) is 0 Å². The third-order valence-corrected chi connectivity index (χ3v) is 2.80. The zero-order valence-corrected chi connectivity index (χ0v) is 7.93. The van der Waals surface area contributed by atoms with Crippen molar-refractivity contribution in [2.75, 3.05) is 0 Å². The van der Waals surface area contributed by atoms with Crippen molar-refractivity contribution in [2.45, 2.75) is 6.92 Å². The lowest BCUT2D eigenvalue weighted by Gasteiger charge is -1.99. The van der Waals surface area contributed by atoms with Gasteiger partial charge in [-0.05, 0) is 24.4 Å². The maximum atomic E-state index is 4.14. The summed E-state index contributed by atoms with van der Waals surface area (Å²) in [7, 11) is 1.96. The van der Waals surface area contributed by atoms with Crippen LogP contribution in [0.3, 0.4) is 0 Å². The van der Waals surface area contributed by atoms with Crippen LogP contribution in [0.5, 0.6) is 0 Å². The Morgan fingerprint density at radius 1 is 1.42 bits per heavy atom. The summed E-state index contributed by atoms with van der Waals surface area (Å²) < 4.78 is 1.90. The molecule has 62 valence electrons. The molecule has 2 heterocycles. The Bertz CT molecular complexity index is 348. The average molecular weight is 178 g/mol. The Labute approximate surface area is 75.5 Å². The standard InChI is InChI=1S/C9H10N2S/c1-7-8(4-6-12-7)9-3-5-10-11(9)2/h3-6H,1-2H3. The van der Waals surface area contributed by atoms with Crippen molar-refractivity contribution in [3.05, 3.63) is 28.6 Å². The smallest absolute Gasteiger partial charge is 0.0689 e. The highest BCUT2D eigenvalue weighted by Crippen LogP contribution is 2.26. The maximum Gasteiger partial charge on any atom is 0.0689 e. The Balaban J connectivity index is 2.57. The van der Waals surface area contributed by atoms with Crippen molar-refractivity contribution in [1.29, 1.82) is 0 Å². The van der Waals surface area contributed by atoms with Crippen LogP contribution in [0.25, 0.3) is 11.3 Å². The molecule has 12 heavy (non-hydrogen) atoms. The molecule has 2 aromatic rings. The zero-order chi connectivity index (χ0) is 8.55. The van der Waals surface area contributed by atoms with E-state index in [0.29, 0.717) is 0 Å². The van der Waals surface area contributed by atoms with Gasteiger partial charge >= 0.3 is 0 Å². The van der Waals surface area contributed by atoms with Crippen LogP contribution < -0.4 is 0 Å². The van der Waals surface area contributed by atoms with E-state index in [1.54, 1.807) is 11.3 Å². The highest BCUT2D eigenvalue weighted by atomic mass is 32.1. The third-order valence-electron chi connectivity index (χ3n) is 1.96. The molecule has 2 rings (SSSR count). The van der Waals surface area contributed by atoms with Crippen molar-refractivity contribution in [3.63, 3.8) is 0 Å². The first-order chi connectivity index (χ1) is 5.79. The molecule has 0 radical (unpaired) electrons. The number of rotatable bonds is 1. The molecule has 2 aromatic heterocycles. The van der Waals surface area contributed by atoms with E-state index in [0.717, 1.165) is 0 Å². The van der Waals surface area contributed by atoms with Gasteiger partial charge in [-0.2, -0.15) is 5.10 Å². The van der Waals surface area contributed by atoms with Crippen LogP contribution in [-0.4, -0.2) is 9.78 Å². The summed E-state index contributed by atoms with van der Waals surface area (Å²) in [6.45, 7) is 2.13. The minimum absolute atomic E-state index is 1.19. The van der Waals surface area contributed by atoms with Gasteiger partial charge in [0.15, 0.2) is 0 Å².